The summed E-state index contributed by atoms with van der Waals surface area (Å²) in [5.41, 5.74) is 0.466. The molecule has 0 bridgehead atoms. The fourth-order valence-corrected chi connectivity index (χ4v) is 3.24. The lowest BCUT2D eigenvalue weighted by molar-refractivity contribution is -0.137. The number of hydrogen-bond acceptors (Lipinski definition) is 6. The van der Waals surface area contributed by atoms with E-state index in [1.165, 1.54) is 7.05 Å². The molecule has 8 nitrogen and oxygen atoms in total. The molecule has 148 valence electrons. The van der Waals surface area contributed by atoms with E-state index in [2.05, 4.69) is 30.8 Å². The summed E-state index contributed by atoms with van der Waals surface area (Å²) in [7, 11) is 1.39. The molecule has 1 saturated carbocycles. The molecule has 0 atom stereocenters. The Kier molecular flexibility index (Phi) is 4.44. The van der Waals surface area contributed by atoms with Crippen LogP contribution in [0.5, 0.6) is 0 Å². The first kappa shape index (κ1) is 18.3. The van der Waals surface area contributed by atoms with Crippen molar-refractivity contribution in [3.8, 4) is 0 Å². The van der Waals surface area contributed by atoms with Crippen LogP contribution in [0.15, 0.2) is 30.9 Å². The van der Waals surface area contributed by atoms with E-state index >= 15 is 0 Å². The summed E-state index contributed by atoms with van der Waals surface area (Å²) >= 11 is 0. The van der Waals surface area contributed by atoms with Gasteiger partial charge in [-0.2, -0.15) is 28.4 Å². The lowest BCUT2D eigenvalue weighted by Crippen LogP contribution is -2.29. The van der Waals surface area contributed by atoms with Crippen LogP contribution in [-0.2, 0) is 6.18 Å². The molecule has 0 aliphatic heterocycles. The van der Waals surface area contributed by atoms with Crippen molar-refractivity contribution < 1.29 is 13.2 Å². The molecule has 3 heterocycles. The molecule has 1 fully saturated rings. The molecule has 0 spiro atoms. The van der Waals surface area contributed by atoms with Crippen LogP contribution in [0.1, 0.15) is 36.2 Å². The Morgan fingerprint density at radius 1 is 1.18 bits per heavy atom. The van der Waals surface area contributed by atoms with Crippen molar-refractivity contribution in [1.82, 2.24) is 29.5 Å². The topological polar surface area (TPSA) is 85.5 Å². The monoisotopic (exact) mass is 392 g/mol. The summed E-state index contributed by atoms with van der Waals surface area (Å²) in [6.45, 7) is 1.82. The lowest BCUT2D eigenvalue weighted by Gasteiger charge is -2.35. The number of halogens is 3. The van der Waals surface area contributed by atoms with Crippen molar-refractivity contribution >= 4 is 17.5 Å². The van der Waals surface area contributed by atoms with Crippen LogP contribution in [0.3, 0.4) is 0 Å². The highest BCUT2D eigenvalue weighted by Gasteiger charge is 2.35. The van der Waals surface area contributed by atoms with Crippen LogP contribution in [0.4, 0.5) is 30.6 Å². The Labute approximate surface area is 158 Å². The van der Waals surface area contributed by atoms with E-state index in [1.54, 1.807) is 6.20 Å². The second kappa shape index (κ2) is 6.80. The average molecular weight is 392 g/mol. The Bertz CT molecular complexity index is 957. The molecule has 28 heavy (non-hydrogen) atoms. The molecule has 4 rings (SSSR count). The van der Waals surface area contributed by atoms with Gasteiger partial charge in [-0.3, -0.25) is 9.36 Å². The second-order valence-electron chi connectivity index (χ2n) is 6.70. The van der Waals surface area contributed by atoms with E-state index in [-0.39, 0.29) is 17.8 Å². The van der Waals surface area contributed by atoms with Gasteiger partial charge in [-0.05, 0) is 25.8 Å². The summed E-state index contributed by atoms with van der Waals surface area (Å²) < 4.78 is 42.7. The van der Waals surface area contributed by atoms with E-state index in [9.17, 15) is 13.2 Å². The third-order valence-corrected chi connectivity index (χ3v) is 4.86. The molecule has 0 aromatic carbocycles. The summed E-state index contributed by atoms with van der Waals surface area (Å²) in [6, 6.07) is 2.51. The van der Waals surface area contributed by atoms with Crippen molar-refractivity contribution in [3.63, 3.8) is 0 Å². The number of aromatic nitrogens is 6. The number of alkyl halides is 3. The smallest absolute Gasteiger partial charge is 0.372 e. The normalized spacial score (nSPS) is 19.3. The van der Waals surface area contributed by atoms with Crippen LogP contribution < -0.4 is 10.6 Å². The molecule has 3 aromatic rings. The van der Waals surface area contributed by atoms with Crippen molar-refractivity contribution in [3.05, 3.63) is 42.1 Å². The zero-order valence-electron chi connectivity index (χ0n) is 15.3. The van der Waals surface area contributed by atoms with Crippen LogP contribution in [0.2, 0.25) is 0 Å². The predicted molar refractivity (Wildman–Crippen MR) is 96.4 cm³/mol. The maximum Gasteiger partial charge on any atom is 0.421 e. The number of nitrogens with one attached hydrogen (secondary N) is 2. The Morgan fingerprint density at radius 2 is 1.93 bits per heavy atom. The van der Waals surface area contributed by atoms with Crippen molar-refractivity contribution in [2.45, 2.75) is 38.0 Å². The summed E-state index contributed by atoms with van der Waals surface area (Å²) in [5.74, 6) is -0.209. The fourth-order valence-electron chi connectivity index (χ4n) is 3.24. The highest BCUT2D eigenvalue weighted by Crippen LogP contribution is 2.41. The minimum absolute atomic E-state index is 0.0722. The van der Waals surface area contributed by atoms with Gasteiger partial charge in [-0.15, -0.1) is 0 Å². The second-order valence-corrected chi connectivity index (χ2v) is 6.70. The number of rotatable bonds is 5. The van der Waals surface area contributed by atoms with Gasteiger partial charge >= 0.3 is 6.18 Å². The van der Waals surface area contributed by atoms with Gasteiger partial charge in [0.2, 0.25) is 5.95 Å². The minimum Gasteiger partial charge on any atom is -0.372 e. The van der Waals surface area contributed by atoms with Crippen LogP contribution in [0.25, 0.3) is 0 Å². The Morgan fingerprint density at radius 3 is 2.57 bits per heavy atom. The summed E-state index contributed by atoms with van der Waals surface area (Å²) in [5, 5.41) is 14.2. The fraction of sp³-hybridized carbons (Fsp3) is 0.412. The summed E-state index contributed by atoms with van der Waals surface area (Å²) in [4.78, 5) is 7.72. The van der Waals surface area contributed by atoms with Crippen molar-refractivity contribution in [2.24, 2.45) is 0 Å². The van der Waals surface area contributed by atoms with Gasteiger partial charge in [-0.1, -0.05) is 0 Å². The molecule has 1 aliphatic rings. The van der Waals surface area contributed by atoms with Gasteiger partial charge in [0, 0.05) is 31.8 Å². The predicted octanol–water partition coefficient (Wildman–Crippen LogP) is 3.56. The molecule has 0 unspecified atom stereocenters. The van der Waals surface area contributed by atoms with Crippen molar-refractivity contribution in [1.29, 1.82) is 0 Å². The number of anilines is 3. The third kappa shape index (κ3) is 3.39. The lowest BCUT2D eigenvalue weighted by atomic mass is 9.87. The van der Waals surface area contributed by atoms with E-state index in [4.69, 9.17) is 0 Å². The molecule has 0 saturated heterocycles. The quantitative estimate of drug-likeness (QED) is 0.691. The van der Waals surface area contributed by atoms with Crippen LogP contribution in [-0.4, -0.2) is 36.6 Å². The summed E-state index contributed by atoms with van der Waals surface area (Å²) in [6.07, 6.45) is 3.63. The van der Waals surface area contributed by atoms with E-state index in [1.807, 2.05) is 34.7 Å². The minimum atomic E-state index is -4.52. The first-order valence-electron chi connectivity index (χ1n) is 8.79. The molecular formula is C17H19F3N8. The van der Waals surface area contributed by atoms with Gasteiger partial charge in [0.05, 0.1) is 23.5 Å². The molecule has 0 amide bonds. The first-order valence-corrected chi connectivity index (χ1v) is 8.79. The number of aryl methyl sites for hydroxylation is 1. The van der Waals surface area contributed by atoms with Crippen molar-refractivity contribution in [2.75, 3.05) is 17.7 Å². The zero-order valence-corrected chi connectivity index (χ0v) is 15.3. The number of hydrogen-bond donors (Lipinski definition) is 2. The van der Waals surface area contributed by atoms with Crippen LogP contribution >= 0.6 is 0 Å². The van der Waals surface area contributed by atoms with Crippen LogP contribution in [0, 0.1) is 6.92 Å². The van der Waals surface area contributed by atoms with E-state index in [0.717, 1.165) is 24.7 Å². The van der Waals surface area contributed by atoms with E-state index < -0.39 is 11.7 Å². The zero-order chi connectivity index (χ0) is 19.9. The highest BCUT2D eigenvalue weighted by molar-refractivity contribution is 5.57. The Hall–Kier alpha value is -3.11. The van der Waals surface area contributed by atoms with Gasteiger partial charge in [0.15, 0.2) is 0 Å². The van der Waals surface area contributed by atoms with Gasteiger partial charge in [0.25, 0.3) is 0 Å². The molecular weight excluding hydrogens is 373 g/mol. The van der Waals surface area contributed by atoms with Gasteiger partial charge in [0.1, 0.15) is 11.4 Å². The molecule has 3 aromatic heterocycles. The van der Waals surface area contributed by atoms with Gasteiger partial charge in [-0.25, -0.2) is 4.98 Å². The highest BCUT2D eigenvalue weighted by atomic mass is 19.4. The standard InChI is InChI=1S/C17H19F3N8/c1-10-14(24-16-22-8-13(17(18,19)20)15(21-2)25-16)9-28(26-10)12-6-11(7-12)27-5-3-4-23-27/h3-5,8-9,11-12H,6-7H2,1-2H3,(H2,21,22,24,25)/t11-,12-. The number of nitrogens with zero attached hydrogens (tertiary/aromatic N) is 6. The maximum atomic E-state index is 13.0. The first-order chi connectivity index (χ1) is 13.3. The Balaban J connectivity index is 1.48. The third-order valence-electron chi connectivity index (χ3n) is 4.86. The molecule has 0 radical (unpaired) electrons. The van der Waals surface area contributed by atoms with E-state index in [0.29, 0.717) is 11.7 Å². The molecule has 2 N–H and O–H groups in total. The maximum absolute atomic E-state index is 13.0. The SMILES string of the molecule is CNc1nc(Nc2cn([C@H]3C[C@H](n4cccn4)C3)nc2C)ncc1C(F)(F)F. The molecule has 11 heteroatoms. The molecule has 1 aliphatic carbocycles. The largest absolute Gasteiger partial charge is 0.421 e. The van der Waals surface area contributed by atoms with Gasteiger partial charge < -0.3 is 10.6 Å². The average Bonchev–Trinajstić information content (AvgIpc) is 3.23.